The van der Waals surface area contributed by atoms with E-state index in [2.05, 4.69) is 40.1 Å². The van der Waals surface area contributed by atoms with Gasteiger partial charge in [0.1, 0.15) is 0 Å². The average molecular weight is 639 g/mol. The molecule has 0 aromatic rings. The van der Waals surface area contributed by atoms with Crippen LogP contribution in [0.15, 0.2) is 4.99 Å². The van der Waals surface area contributed by atoms with Gasteiger partial charge in [0.15, 0.2) is 5.96 Å². The summed E-state index contributed by atoms with van der Waals surface area (Å²) >= 11 is 0. The number of guanidine groups is 1. The van der Waals surface area contributed by atoms with E-state index in [-0.39, 0.29) is 54.3 Å². The maximum absolute atomic E-state index is 13.1. The fraction of sp³-hybridized carbons (Fsp3) is 0.848. The van der Waals surface area contributed by atoms with Gasteiger partial charge in [0.05, 0.1) is 0 Å². The molecule has 4 amide bonds. The third-order valence-electron chi connectivity index (χ3n) is 7.92. The Hall–Kier alpha value is -2.89. The number of carbonyl (C=O) groups is 4. The van der Waals surface area contributed by atoms with Gasteiger partial charge in [-0.25, -0.2) is 0 Å². The van der Waals surface area contributed by atoms with Crippen molar-refractivity contribution in [3.05, 3.63) is 0 Å². The molecule has 2 unspecified atom stereocenters. The fourth-order valence-electron chi connectivity index (χ4n) is 5.00. The predicted molar refractivity (Wildman–Crippen MR) is 183 cm³/mol. The third kappa shape index (κ3) is 23.2. The Morgan fingerprint density at radius 2 is 1.16 bits per heavy atom. The van der Waals surface area contributed by atoms with E-state index in [1.165, 1.54) is 0 Å². The molecule has 0 aromatic heterocycles. The van der Waals surface area contributed by atoms with E-state index in [1.54, 1.807) is 4.90 Å². The summed E-state index contributed by atoms with van der Waals surface area (Å²) in [5.41, 5.74) is 10.6. The van der Waals surface area contributed by atoms with E-state index in [0.29, 0.717) is 52.1 Å². The van der Waals surface area contributed by atoms with Crippen LogP contribution in [0.1, 0.15) is 118 Å². The summed E-state index contributed by atoms with van der Waals surface area (Å²) in [6.45, 7) is 13.0. The molecule has 0 radical (unpaired) electrons. The Morgan fingerprint density at radius 3 is 1.64 bits per heavy atom. The molecule has 0 saturated carbocycles. The molecule has 0 spiro atoms. The van der Waals surface area contributed by atoms with Gasteiger partial charge in [0.25, 0.3) is 0 Å². The van der Waals surface area contributed by atoms with Gasteiger partial charge < -0.3 is 37.6 Å². The molecule has 0 aromatic carbocycles. The Balaban J connectivity index is 4.69. The Morgan fingerprint density at radius 1 is 0.644 bits per heavy atom. The number of aliphatic imine (C=N–C) groups is 1. The van der Waals surface area contributed by atoms with Gasteiger partial charge in [-0.1, -0.05) is 53.4 Å². The molecule has 0 aliphatic carbocycles. The van der Waals surface area contributed by atoms with E-state index in [0.717, 1.165) is 77.3 Å². The molecule has 8 N–H and O–H groups in total. The minimum Gasteiger partial charge on any atom is -0.370 e. The van der Waals surface area contributed by atoms with Gasteiger partial charge in [0, 0.05) is 63.9 Å². The summed E-state index contributed by atoms with van der Waals surface area (Å²) in [6, 6.07) is 0. The van der Waals surface area contributed by atoms with Crippen molar-refractivity contribution in [3.63, 3.8) is 0 Å². The van der Waals surface area contributed by atoms with Crippen molar-refractivity contribution in [2.24, 2.45) is 28.3 Å². The molecule has 0 saturated heterocycles. The number of carbonyl (C=O) groups excluding carboxylic acids is 4. The van der Waals surface area contributed by atoms with Crippen molar-refractivity contribution in [3.8, 4) is 0 Å². The highest BCUT2D eigenvalue weighted by Gasteiger charge is 2.18. The second-order valence-electron chi connectivity index (χ2n) is 11.8. The number of rotatable bonds is 29. The van der Waals surface area contributed by atoms with E-state index in [4.69, 9.17) is 11.5 Å². The summed E-state index contributed by atoms with van der Waals surface area (Å²) in [7, 11) is 0. The lowest BCUT2D eigenvalue weighted by atomic mass is 9.98. The largest absolute Gasteiger partial charge is 0.370 e. The van der Waals surface area contributed by atoms with E-state index < -0.39 is 0 Å². The maximum atomic E-state index is 13.1. The van der Waals surface area contributed by atoms with E-state index in [1.807, 2.05) is 13.8 Å². The monoisotopic (exact) mass is 639 g/mol. The number of unbranched alkanes of at least 4 members (excludes halogenated alkanes) is 2. The van der Waals surface area contributed by atoms with E-state index in [9.17, 15) is 19.2 Å². The number of nitrogens with one attached hydrogen (secondary N) is 4. The number of nitrogens with two attached hydrogens (primary N) is 2. The van der Waals surface area contributed by atoms with Crippen LogP contribution in [0.2, 0.25) is 0 Å². The lowest BCUT2D eigenvalue weighted by molar-refractivity contribution is -0.133. The van der Waals surface area contributed by atoms with Gasteiger partial charge in [0.2, 0.25) is 23.6 Å². The van der Waals surface area contributed by atoms with Crippen LogP contribution in [0.25, 0.3) is 0 Å². The third-order valence-corrected chi connectivity index (χ3v) is 7.92. The molecular formula is C33H66N8O4. The molecular weight excluding hydrogens is 572 g/mol. The van der Waals surface area contributed by atoms with Crippen LogP contribution >= 0.6 is 0 Å². The Bertz CT molecular complexity index is 800. The summed E-state index contributed by atoms with van der Waals surface area (Å²) in [5, 5.41) is 12.2. The van der Waals surface area contributed by atoms with Crippen molar-refractivity contribution in [2.75, 3.05) is 52.4 Å². The van der Waals surface area contributed by atoms with Crippen molar-refractivity contribution in [1.82, 2.24) is 26.2 Å². The molecule has 0 aliphatic rings. The second kappa shape index (κ2) is 28.6. The lowest BCUT2D eigenvalue weighted by Crippen LogP contribution is -2.38. The molecule has 0 rings (SSSR count). The van der Waals surface area contributed by atoms with Gasteiger partial charge in [-0.05, 0) is 64.5 Å². The first-order valence-corrected chi connectivity index (χ1v) is 17.6. The van der Waals surface area contributed by atoms with Crippen LogP contribution in [0.3, 0.4) is 0 Å². The minimum atomic E-state index is -0.147. The standard InChI is InChI=1S/C33H66N8O4/c1-5-9-15-27(7-3)31(44)38-23-13-25-41(26-14-24-39-32(45)28(8-4)16-10-6-2)30(43)18-17-29(42)37-21-11-19-36-20-12-22-40-33(34)35/h27-28,36H,5-26H2,1-4H3,(H,37,42)(H,38,44)(H,39,45)(H4,34,35,40). The zero-order valence-corrected chi connectivity index (χ0v) is 28.9. The first-order valence-electron chi connectivity index (χ1n) is 17.6. The lowest BCUT2D eigenvalue weighted by Gasteiger charge is -2.24. The number of amides is 4. The normalized spacial score (nSPS) is 12.2. The molecule has 2 atom stereocenters. The SMILES string of the molecule is CCCCC(CC)C(=O)NCCCN(CCCNC(=O)C(CC)CCCC)C(=O)CCC(=O)NCCCNCCCN=C(N)N. The van der Waals surface area contributed by atoms with Crippen LogP contribution in [0.5, 0.6) is 0 Å². The van der Waals surface area contributed by atoms with Crippen LogP contribution in [0, 0.1) is 11.8 Å². The topological polar surface area (TPSA) is 184 Å². The molecule has 0 bridgehead atoms. The van der Waals surface area contributed by atoms with Crippen LogP contribution < -0.4 is 32.7 Å². The Kier molecular flexibility index (Phi) is 26.7. The second-order valence-corrected chi connectivity index (χ2v) is 11.8. The first kappa shape index (κ1) is 42.1. The minimum absolute atomic E-state index is 0.0285. The highest BCUT2D eigenvalue weighted by molar-refractivity contribution is 5.84. The van der Waals surface area contributed by atoms with Gasteiger partial charge in [-0.2, -0.15) is 0 Å². The number of nitrogens with zero attached hydrogens (tertiary/aromatic N) is 2. The quantitative estimate of drug-likeness (QED) is 0.0413. The summed E-state index contributed by atoms with van der Waals surface area (Å²) < 4.78 is 0. The van der Waals surface area contributed by atoms with Gasteiger partial charge >= 0.3 is 0 Å². The highest BCUT2D eigenvalue weighted by atomic mass is 16.2. The first-order chi connectivity index (χ1) is 21.7. The van der Waals surface area contributed by atoms with Crippen molar-refractivity contribution >= 4 is 29.6 Å². The van der Waals surface area contributed by atoms with Crippen LogP contribution in [0.4, 0.5) is 0 Å². The van der Waals surface area contributed by atoms with E-state index >= 15 is 0 Å². The smallest absolute Gasteiger partial charge is 0.223 e. The number of hydrogen-bond donors (Lipinski definition) is 6. The molecule has 12 heteroatoms. The zero-order chi connectivity index (χ0) is 33.7. The molecule has 0 aliphatic heterocycles. The fourth-order valence-corrected chi connectivity index (χ4v) is 5.00. The molecule has 0 heterocycles. The maximum Gasteiger partial charge on any atom is 0.223 e. The summed E-state index contributed by atoms with van der Waals surface area (Å²) in [5.74, 6) is 0.0789. The highest BCUT2D eigenvalue weighted by Crippen LogP contribution is 2.13. The van der Waals surface area contributed by atoms with Crippen molar-refractivity contribution < 1.29 is 19.2 Å². The molecule has 45 heavy (non-hydrogen) atoms. The number of hydrogen-bond acceptors (Lipinski definition) is 6. The van der Waals surface area contributed by atoms with Crippen molar-refractivity contribution in [1.29, 1.82) is 0 Å². The zero-order valence-electron chi connectivity index (χ0n) is 28.9. The van der Waals surface area contributed by atoms with Crippen LogP contribution in [-0.2, 0) is 19.2 Å². The van der Waals surface area contributed by atoms with Gasteiger partial charge in [-0.15, -0.1) is 0 Å². The summed E-state index contributed by atoms with van der Waals surface area (Å²) in [4.78, 5) is 56.3. The van der Waals surface area contributed by atoms with Crippen molar-refractivity contribution in [2.45, 2.75) is 118 Å². The average Bonchev–Trinajstić information content (AvgIpc) is 3.02. The van der Waals surface area contributed by atoms with Crippen LogP contribution in [-0.4, -0.2) is 86.8 Å². The summed E-state index contributed by atoms with van der Waals surface area (Å²) in [6.07, 6.45) is 10.8. The molecule has 0 fully saturated rings. The molecule has 12 nitrogen and oxygen atoms in total. The molecule has 262 valence electrons. The Labute approximate surface area is 273 Å². The predicted octanol–water partition coefficient (Wildman–Crippen LogP) is 2.80. The van der Waals surface area contributed by atoms with Gasteiger partial charge in [-0.3, -0.25) is 24.2 Å².